The number of non-ortho nitro benzene ring substituents is 1. The molecule has 2 aliphatic rings. The Bertz CT molecular complexity index is 994. The molecule has 0 unspecified atom stereocenters. The van der Waals surface area contributed by atoms with Crippen molar-refractivity contribution in [1.82, 2.24) is 14.9 Å². The first kappa shape index (κ1) is 19.8. The summed E-state index contributed by atoms with van der Waals surface area (Å²) in [5, 5.41) is 14.4. The quantitative estimate of drug-likeness (QED) is 0.316. The van der Waals surface area contributed by atoms with Crippen molar-refractivity contribution < 1.29 is 14.1 Å². The number of hydrogen-bond acceptors (Lipinski definition) is 8. The second-order valence-corrected chi connectivity index (χ2v) is 8.43. The molecule has 0 N–H and O–H groups in total. The fraction of sp³-hybridized carbons (Fsp3) is 0.263. The predicted molar refractivity (Wildman–Crippen MR) is 115 cm³/mol. The molecule has 0 aliphatic carbocycles. The monoisotopic (exact) mass is 430 g/mol. The van der Waals surface area contributed by atoms with Crippen LogP contribution in [-0.2, 0) is 4.79 Å². The molecule has 2 aromatic rings. The van der Waals surface area contributed by atoms with Crippen LogP contribution in [0, 0.1) is 10.1 Å². The van der Waals surface area contributed by atoms with Crippen LogP contribution < -0.4 is 0 Å². The predicted octanol–water partition coefficient (Wildman–Crippen LogP) is 3.22. The number of carbonyl (C=O) groups is 1. The molecule has 1 aromatic carbocycles. The molecule has 8 nitrogen and oxygen atoms in total. The van der Waals surface area contributed by atoms with Gasteiger partial charge in [-0.05, 0) is 31.3 Å². The van der Waals surface area contributed by atoms with Gasteiger partial charge in [-0.25, -0.2) is 10.0 Å². The highest BCUT2D eigenvalue weighted by molar-refractivity contribution is 8.26. The number of thioether (sulfide) groups is 1. The van der Waals surface area contributed by atoms with E-state index in [2.05, 4.69) is 11.9 Å². The largest absolute Gasteiger partial charge is 0.457 e. The standard InChI is InChI=1S/C19H18N4O4S2/c1-20-8-10-21(11-9-20)22-18(24)17(29-19(22)28)12-15-6-7-16(27-15)13-2-4-14(5-3-13)23(25)26/h2-7,12H,8-11H2,1H3/b17-12-. The molecule has 0 radical (unpaired) electrons. The summed E-state index contributed by atoms with van der Waals surface area (Å²) in [5.41, 5.74) is 0.744. The molecule has 0 spiro atoms. The van der Waals surface area contributed by atoms with Crippen LogP contribution in [0.1, 0.15) is 5.76 Å². The maximum atomic E-state index is 12.9. The number of thiocarbonyl (C=S) groups is 1. The molecule has 0 bridgehead atoms. The van der Waals surface area contributed by atoms with Gasteiger partial charge in [-0.15, -0.1) is 0 Å². The molecule has 0 saturated carbocycles. The third kappa shape index (κ3) is 4.10. The number of carbonyl (C=O) groups excluding carboxylic acids is 1. The van der Waals surface area contributed by atoms with Crippen molar-refractivity contribution in [1.29, 1.82) is 0 Å². The second kappa shape index (κ2) is 8.07. The Morgan fingerprint density at radius 1 is 1.14 bits per heavy atom. The molecule has 10 heteroatoms. The average Bonchev–Trinajstić information content (AvgIpc) is 3.28. The molecular formula is C19H18N4O4S2. The molecule has 1 aromatic heterocycles. The van der Waals surface area contributed by atoms with Crippen molar-refractivity contribution in [2.75, 3.05) is 33.2 Å². The highest BCUT2D eigenvalue weighted by Crippen LogP contribution is 2.35. The summed E-state index contributed by atoms with van der Waals surface area (Å²) in [6.07, 6.45) is 1.68. The van der Waals surface area contributed by atoms with Crippen LogP contribution in [0.3, 0.4) is 0 Å². The number of amides is 1. The van der Waals surface area contributed by atoms with Crippen molar-refractivity contribution in [3.8, 4) is 11.3 Å². The summed E-state index contributed by atoms with van der Waals surface area (Å²) in [6.45, 7) is 3.27. The van der Waals surface area contributed by atoms with Crippen molar-refractivity contribution in [3.63, 3.8) is 0 Å². The average molecular weight is 431 g/mol. The number of hydrogen-bond donors (Lipinski definition) is 0. The maximum absolute atomic E-state index is 12.9. The van der Waals surface area contributed by atoms with Crippen molar-refractivity contribution in [3.05, 3.63) is 57.2 Å². The smallest absolute Gasteiger partial charge is 0.281 e. The number of nitrogens with zero attached hydrogens (tertiary/aromatic N) is 4. The molecule has 0 atom stereocenters. The second-order valence-electron chi connectivity index (χ2n) is 6.76. The maximum Gasteiger partial charge on any atom is 0.281 e. The lowest BCUT2D eigenvalue weighted by Gasteiger charge is -2.37. The number of piperazine rings is 1. The lowest BCUT2D eigenvalue weighted by molar-refractivity contribution is -0.384. The molecule has 4 rings (SSSR count). The van der Waals surface area contributed by atoms with E-state index in [-0.39, 0.29) is 11.6 Å². The molecule has 2 saturated heterocycles. The van der Waals surface area contributed by atoms with E-state index in [4.69, 9.17) is 16.6 Å². The molecule has 1 amide bonds. The van der Waals surface area contributed by atoms with E-state index < -0.39 is 4.92 Å². The van der Waals surface area contributed by atoms with Gasteiger partial charge in [-0.2, -0.15) is 0 Å². The Morgan fingerprint density at radius 3 is 2.48 bits per heavy atom. The number of furan rings is 1. The summed E-state index contributed by atoms with van der Waals surface area (Å²) in [4.78, 5) is 25.9. The van der Waals surface area contributed by atoms with Gasteiger partial charge in [0, 0.05) is 50.0 Å². The number of hydrazine groups is 1. The fourth-order valence-corrected chi connectivity index (χ4v) is 4.45. The molecular weight excluding hydrogens is 412 g/mol. The van der Waals surface area contributed by atoms with Crippen LogP contribution in [0.15, 0.2) is 45.7 Å². The van der Waals surface area contributed by atoms with Gasteiger partial charge in [0.25, 0.3) is 11.6 Å². The Kier molecular flexibility index (Phi) is 5.50. The first-order chi connectivity index (χ1) is 13.9. The number of nitro groups is 1. The van der Waals surface area contributed by atoms with Crippen molar-refractivity contribution in [2.45, 2.75) is 0 Å². The van der Waals surface area contributed by atoms with E-state index in [1.165, 1.54) is 23.9 Å². The summed E-state index contributed by atoms with van der Waals surface area (Å²) in [6, 6.07) is 9.66. The van der Waals surface area contributed by atoms with Gasteiger partial charge in [-0.3, -0.25) is 14.9 Å². The molecule has 3 heterocycles. The van der Waals surface area contributed by atoms with Crippen LogP contribution in [-0.4, -0.2) is 63.3 Å². The van der Waals surface area contributed by atoms with Gasteiger partial charge in [0.05, 0.1) is 9.83 Å². The van der Waals surface area contributed by atoms with Crippen LogP contribution in [0.5, 0.6) is 0 Å². The molecule has 150 valence electrons. The zero-order chi connectivity index (χ0) is 20.5. The van der Waals surface area contributed by atoms with Gasteiger partial charge in [0.1, 0.15) is 11.5 Å². The minimum atomic E-state index is -0.445. The topological polar surface area (TPSA) is 83.1 Å². The SMILES string of the molecule is CN1CCN(N2C(=O)/C(=C/c3ccc(-c4ccc([N+](=O)[O-])cc4)o3)SC2=S)CC1. The van der Waals surface area contributed by atoms with Gasteiger partial charge in [0.2, 0.25) is 0 Å². The summed E-state index contributed by atoms with van der Waals surface area (Å²) in [7, 11) is 2.06. The first-order valence-corrected chi connectivity index (χ1v) is 10.2. The van der Waals surface area contributed by atoms with E-state index in [1.807, 2.05) is 5.01 Å². The molecule has 29 heavy (non-hydrogen) atoms. The minimum Gasteiger partial charge on any atom is -0.457 e. The van der Waals surface area contributed by atoms with E-state index in [9.17, 15) is 14.9 Å². The molecule has 2 fully saturated rings. The highest BCUT2D eigenvalue weighted by atomic mass is 32.2. The van der Waals surface area contributed by atoms with Crippen LogP contribution in [0.25, 0.3) is 17.4 Å². The van der Waals surface area contributed by atoms with Crippen LogP contribution >= 0.6 is 24.0 Å². The number of benzene rings is 1. The lowest BCUT2D eigenvalue weighted by Crippen LogP contribution is -2.54. The van der Waals surface area contributed by atoms with Gasteiger partial charge >= 0.3 is 0 Å². The van der Waals surface area contributed by atoms with E-state index >= 15 is 0 Å². The number of nitro benzene ring substituents is 1. The van der Waals surface area contributed by atoms with Gasteiger partial charge in [-0.1, -0.05) is 24.0 Å². The number of rotatable bonds is 4. The van der Waals surface area contributed by atoms with Gasteiger partial charge in [0.15, 0.2) is 4.32 Å². The Morgan fingerprint density at radius 2 is 1.83 bits per heavy atom. The lowest BCUT2D eigenvalue weighted by atomic mass is 10.1. The highest BCUT2D eigenvalue weighted by Gasteiger charge is 2.37. The van der Waals surface area contributed by atoms with Crippen LogP contribution in [0.2, 0.25) is 0 Å². The van der Waals surface area contributed by atoms with E-state index in [0.29, 0.717) is 20.7 Å². The summed E-state index contributed by atoms with van der Waals surface area (Å²) < 4.78 is 6.34. The Balaban J connectivity index is 1.51. The third-order valence-electron chi connectivity index (χ3n) is 4.80. The first-order valence-electron chi connectivity index (χ1n) is 8.98. The number of likely N-dealkylation sites (N-methyl/N-ethyl adjacent to an activating group) is 1. The summed E-state index contributed by atoms with van der Waals surface area (Å²) >= 11 is 6.68. The van der Waals surface area contributed by atoms with Crippen LogP contribution in [0.4, 0.5) is 5.69 Å². The van der Waals surface area contributed by atoms with E-state index in [1.54, 1.807) is 35.4 Å². The summed E-state index contributed by atoms with van der Waals surface area (Å²) in [5.74, 6) is 0.954. The zero-order valence-corrected chi connectivity index (χ0v) is 17.2. The Hall–Kier alpha value is -2.53. The molecule has 2 aliphatic heterocycles. The normalized spacial score (nSPS) is 20.0. The third-order valence-corrected chi connectivity index (χ3v) is 6.08. The minimum absolute atomic E-state index is 0.0214. The fourth-order valence-electron chi connectivity index (χ4n) is 3.16. The zero-order valence-electron chi connectivity index (χ0n) is 15.6. The van der Waals surface area contributed by atoms with Gasteiger partial charge < -0.3 is 9.32 Å². The Labute approximate surface area is 176 Å². The van der Waals surface area contributed by atoms with Crippen molar-refractivity contribution >= 4 is 46.0 Å². The van der Waals surface area contributed by atoms with E-state index in [0.717, 1.165) is 31.7 Å². The van der Waals surface area contributed by atoms with Crippen molar-refractivity contribution in [2.24, 2.45) is 0 Å².